The third kappa shape index (κ3) is 2.60. The Morgan fingerprint density at radius 3 is 2.50 bits per heavy atom. The summed E-state index contributed by atoms with van der Waals surface area (Å²) >= 11 is 1.46. The topological polar surface area (TPSA) is 37.8 Å². The number of nitrogens with one attached hydrogen (secondary N) is 1. The highest BCUT2D eigenvalue weighted by Gasteiger charge is 2.18. The van der Waals surface area contributed by atoms with Gasteiger partial charge in [0.15, 0.2) is 0 Å². The Bertz CT molecular complexity index is 520. The third-order valence-corrected chi connectivity index (χ3v) is 3.99. The summed E-state index contributed by atoms with van der Waals surface area (Å²) in [5, 5.41) is 7.47. The third-order valence-electron chi connectivity index (χ3n) is 3.26. The van der Waals surface area contributed by atoms with Gasteiger partial charge in [-0.1, -0.05) is 23.5 Å². The van der Waals surface area contributed by atoms with E-state index < -0.39 is 0 Å². The monoisotopic (exact) mass is 261 g/mol. The maximum atomic E-state index is 3.97. The van der Waals surface area contributed by atoms with E-state index in [1.165, 1.54) is 38.7 Å². The van der Waals surface area contributed by atoms with E-state index in [0.29, 0.717) is 0 Å². The van der Waals surface area contributed by atoms with Gasteiger partial charge < -0.3 is 5.32 Å². The first-order valence-corrected chi connectivity index (χ1v) is 6.99. The van der Waals surface area contributed by atoms with Gasteiger partial charge in [0, 0.05) is 0 Å². The lowest BCUT2D eigenvalue weighted by Crippen LogP contribution is -2.22. The van der Waals surface area contributed by atoms with Crippen LogP contribution in [0.25, 0.3) is 0 Å². The number of hydrogen-bond acceptors (Lipinski definition) is 4. The van der Waals surface area contributed by atoms with Crippen LogP contribution >= 0.6 is 11.5 Å². The highest BCUT2D eigenvalue weighted by molar-refractivity contribution is 7.05. The van der Waals surface area contributed by atoms with Crippen LogP contribution in [0.15, 0.2) is 18.3 Å². The minimum Gasteiger partial charge on any atom is -0.306 e. The van der Waals surface area contributed by atoms with Crippen molar-refractivity contribution < 1.29 is 0 Å². The second-order valence-electron chi connectivity index (χ2n) is 4.60. The molecule has 0 radical (unpaired) electrons. The highest BCUT2D eigenvalue weighted by atomic mass is 32.1. The smallest absolute Gasteiger partial charge is 0.0706 e. The molecule has 0 saturated carbocycles. The molecule has 1 heterocycles. The van der Waals surface area contributed by atoms with Crippen molar-refractivity contribution in [3.8, 4) is 0 Å². The molecule has 4 heteroatoms. The van der Waals surface area contributed by atoms with Crippen LogP contribution < -0.4 is 5.32 Å². The van der Waals surface area contributed by atoms with E-state index in [9.17, 15) is 0 Å². The zero-order chi connectivity index (χ0) is 13.1. The number of nitrogens with zero attached hydrogens (tertiary/aromatic N) is 2. The van der Waals surface area contributed by atoms with Crippen molar-refractivity contribution in [3.63, 3.8) is 0 Å². The molecule has 0 amide bonds. The van der Waals surface area contributed by atoms with Crippen molar-refractivity contribution in [1.82, 2.24) is 14.9 Å². The summed E-state index contributed by atoms with van der Waals surface area (Å²) in [5.74, 6) is 0. The average molecular weight is 261 g/mol. The quantitative estimate of drug-likeness (QED) is 0.918. The van der Waals surface area contributed by atoms with E-state index >= 15 is 0 Å². The Labute approximate surface area is 112 Å². The van der Waals surface area contributed by atoms with Crippen molar-refractivity contribution >= 4 is 11.5 Å². The van der Waals surface area contributed by atoms with Crippen LogP contribution in [0.1, 0.15) is 40.1 Å². The minimum atomic E-state index is 0.203. The summed E-state index contributed by atoms with van der Waals surface area (Å²) in [4.78, 5) is 1.17. The molecule has 0 aliphatic heterocycles. The van der Waals surface area contributed by atoms with Crippen molar-refractivity contribution in [2.24, 2.45) is 0 Å². The summed E-state index contributed by atoms with van der Waals surface area (Å²) in [6.07, 6.45) is 1.85. The zero-order valence-corrected chi connectivity index (χ0v) is 12.1. The molecule has 3 nitrogen and oxygen atoms in total. The standard InChI is InChI=1S/C14H19N3S/c1-5-15-14(13-8-16-17-18-13)12-7-10(3)9(2)6-11(12)4/h6-8,14-15H,5H2,1-4H3. The zero-order valence-electron chi connectivity index (χ0n) is 11.3. The second-order valence-corrected chi connectivity index (χ2v) is 5.42. The van der Waals surface area contributed by atoms with Crippen LogP contribution in [-0.2, 0) is 0 Å². The molecule has 0 fully saturated rings. The molecule has 1 unspecified atom stereocenters. The van der Waals surface area contributed by atoms with Gasteiger partial charge in [0.25, 0.3) is 0 Å². The molecule has 1 N–H and O–H groups in total. The van der Waals surface area contributed by atoms with Crippen molar-refractivity contribution in [3.05, 3.63) is 45.5 Å². The SMILES string of the molecule is CCNC(c1cnns1)c1cc(C)c(C)cc1C. The molecule has 1 aromatic heterocycles. The maximum Gasteiger partial charge on any atom is 0.0706 e. The molecule has 0 saturated heterocycles. The summed E-state index contributed by atoms with van der Waals surface area (Å²) in [7, 11) is 0. The first-order valence-electron chi connectivity index (χ1n) is 6.21. The number of hydrogen-bond donors (Lipinski definition) is 1. The number of benzene rings is 1. The van der Waals surface area contributed by atoms with E-state index in [4.69, 9.17) is 0 Å². The summed E-state index contributed by atoms with van der Waals surface area (Å²) in [6, 6.07) is 4.73. The molecule has 0 bridgehead atoms. The van der Waals surface area contributed by atoms with Gasteiger partial charge in [0.2, 0.25) is 0 Å². The Morgan fingerprint density at radius 2 is 1.89 bits per heavy atom. The van der Waals surface area contributed by atoms with Gasteiger partial charge in [-0.05, 0) is 61.1 Å². The average Bonchev–Trinajstić information content (AvgIpc) is 2.85. The lowest BCUT2D eigenvalue weighted by Gasteiger charge is -2.20. The van der Waals surface area contributed by atoms with Crippen LogP contribution in [0.5, 0.6) is 0 Å². The normalized spacial score (nSPS) is 12.7. The lowest BCUT2D eigenvalue weighted by atomic mass is 9.95. The second kappa shape index (κ2) is 5.59. The molecule has 96 valence electrons. The van der Waals surface area contributed by atoms with Gasteiger partial charge in [-0.2, -0.15) is 0 Å². The molecule has 0 aliphatic rings. The number of rotatable bonds is 4. The van der Waals surface area contributed by atoms with E-state index in [0.717, 1.165) is 6.54 Å². The van der Waals surface area contributed by atoms with Crippen molar-refractivity contribution in [2.45, 2.75) is 33.7 Å². The first kappa shape index (κ1) is 13.2. The predicted molar refractivity (Wildman–Crippen MR) is 76.1 cm³/mol. The van der Waals surface area contributed by atoms with Gasteiger partial charge in [-0.3, -0.25) is 0 Å². The molecular weight excluding hydrogens is 242 g/mol. The van der Waals surface area contributed by atoms with Crippen molar-refractivity contribution in [1.29, 1.82) is 0 Å². The number of aryl methyl sites for hydroxylation is 3. The fraction of sp³-hybridized carbons (Fsp3) is 0.429. The fourth-order valence-electron chi connectivity index (χ4n) is 2.16. The van der Waals surface area contributed by atoms with E-state index in [-0.39, 0.29) is 6.04 Å². The molecule has 0 spiro atoms. The van der Waals surface area contributed by atoms with Crippen LogP contribution in [0.4, 0.5) is 0 Å². The van der Waals surface area contributed by atoms with Crippen molar-refractivity contribution in [2.75, 3.05) is 6.54 Å². The molecule has 2 rings (SSSR count). The van der Waals surface area contributed by atoms with Crippen LogP contribution in [-0.4, -0.2) is 16.1 Å². The van der Waals surface area contributed by atoms with Crippen LogP contribution in [0.3, 0.4) is 0 Å². The Balaban J connectivity index is 2.46. The molecule has 0 aliphatic carbocycles. The van der Waals surface area contributed by atoms with E-state index in [1.54, 1.807) is 0 Å². The Kier molecular flexibility index (Phi) is 4.09. The molecule has 18 heavy (non-hydrogen) atoms. The van der Waals surface area contributed by atoms with E-state index in [1.807, 2.05) is 6.20 Å². The van der Waals surface area contributed by atoms with Gasteiger partial charge in [-0.15, -0.1) is 5.10 Å². The number of aromatic nitrogens is 2. The largest absolute Gasteiger partial charge is 0.306 e. The van der Waals surface area contributed by atoms with Gasteiger partial charge >= 0.3 is 0 Å². The maximum absolute atomic E-state index is 3.97. The lowest BCUT2D eigenvalue weighted by molar-refractivity contribution is 0.635. The van der Waals surface area contributed by atoms with Gasteiger partial charge in [-0.25, -0.2) is 0 Å². The molecular formula is C14H19N3S. The molecule has 1 atom stereocenters. The summed E-state index contributed by atoms with van der Waals surface area (Å²) in [5.41, 5.74) is 5.31. The molecule has 2 aromatic rings. The molecule has 1 aromatic carbocycles. The predicted octanol–water partition coefficient (Wildman–Crippen LogP) is 3.16. The fourth-order valence-corrected chi connectivity index (χ4v) is 2.76. The summed E-state index contributed by atoms with van der Waals surface area (Å²) in [6.45, 7) is 9.53. The highest BCUT2D eigenvalue weighted by Crippen LogP contribution is 2.28. The first-order chi connectivity index (χ1) is 8.63. The minimum absolute atomic E-state index is 0.203. The van der Waals surface area contributed by atoms with E-state index in [2.05, 4.69) is 54.7 Å². The van der Waals surface area contributed by atoms with Crippen LogP contribution in [0, 0.1) is 20.8 Å². The van der Waals surface area contributed by atoms with Gasteiger partial charge in [0.1, 0.15) is 0 Å². The van der Waals surface area contributed by atoms with Gasteiger partial charge in [0.05, 0.1) is 17.1 Å². The Morgan fingerprint density at radius 1 is 1.17 bits per heavy atom. The Hall–Kier alpha value is -1.26. The summed E-state index contributed by atoms with van der Waals surface area (Å²) < 4.78 is 3.97. The van der Waals surface area contributed by atoms with Crippen LogP contribution in [0.2, 0.25) is 0 Å².